The monoisotopic (exact) mass is 1640 g/mol. The summed E-state index contributed by atoms with van der Waals surface area (Å²) >= 11 is 3.81. The van der Waals surface area contributed by atoms with E-state index in [1.807, 2.05) is 114 Å². The van der Waals surface area contributed by atoms with Crippen LogP contribution in [0.1, 0.15) is 167 Å². The van der Waals surface area contributed by atoms with Gasteiger partial charge in [0.25, 0.3) is 0 Å². The summed E-state index contributed by atoms with van der Waals surface area (Å²) in [6.07, 6.45) is 3.64. The first-order valence-corrected chi connectivity index (χ1v) is 41.4. The van der Waals surface area contributed by atoms with E-state index in [0.717, 1.165) is 45.0 Å². The van der Waals surface area contributed by atoms with Gasteiger partial charge in [-0.05, 0) is 87.5 Å². The number of carbonyl (C=O) groups excluding carboxylic acids is 8. The van der Waals surface area contributed by atoms with Crippen molar-refractivity contribution in [2.75, 3.05) is 90.6 Å². The first kappa shape index (κ1) is 87.0. The Kier molecular flexibility index (Phi) is 31.3. The minimum absolute atomic E-state index is 0.00447. The average molecular weight is 1640 g/mol. The fraction of sp³-hybridized carbons (Fsp3) is 0.372. The van der Waals surface area contributed by atoms with Crippen molar-refractivity contribution in [1.82, 2.24) is 60.6 Å². The van der Waals surface area contributed by atoms with E-state index in [1.165, 1.54) is 82.9 Å². The number of alkyl carbamates (subject to hydrolysis) is 3. The number of carboxylic acids is 1. The summed E-state index contributed by atoms with van der Waals surface area (Å²) in [5.74, 6) is 0.608. The van der Waals surface area contributed by atoms with Crippen molar-refractivity contribution in [1.29, 1.82) is 0 Å². The molecule has 0 aliphatic heterocycles. The molecule has 6 aromatic carbocycles. The van der Waals surface area contributed by atoms with E-state index < -0.39 is 42.4 Å². The van der Waals surface area contributed by atoms with Gasteiger partial charge in [0.2, 0.25) is 17.7 Å². The van der Waals surface area contributed by atoms with E-state index in [-0.39, 0.29) is 142 Å². The van der Waals surface area contributed by atoms with Crippen LogP contribution in [0.3, 0.4) is 0 Å². The number of methoxy groups -OCH3 is 2. The Balaban J connectivity index is 0.000000184. The maximum absolute atomic E-state index is 12.3. The van der Waals surface area contributed by atoms with Crippen LogP contribution in [0.5, 0.6) is 0 Å². The predicted molar refractivity (Wildman–Crippen MR) is 445 cm³/mol. The van der Waals surface area contributed by atoms with Gasteiger partial charge in [-0.15, -0.1) is 0 Å². The van der Waals surface area contributed by atoms with Crippen LogP contribution >= 0.6 is 35.3 Å². The number of fused-ring (bicyclic) bond motifs is 9. The van der Waals surface area contributed by atoms with Crippen LogP contribution in [-0.4, -0.2) is 178 Å². The van der Waals surface area contributed by atoms with E-state index in [4.69, 9.17) is 23.7 Å². The summed E-state index contributed by atoms with van der Waals surface area (Å²) in [5.41, 5.74) is 13.9. The van der Waals surface area contributed by atoms with E-state index in [9.17, 15) is 48.3 Å². The highest BCUT2D eigenvalue weighted by molar-refractivity contribution is 8.00. The molecule has 0 bridgehead atoms. The summed E-state index contributed by atoms with van der Waals surface area (Å²) in [7, 11) is 2.71. The van der Waals surface area contributed by atoms with Crippen molar-refractivity contribution in [2.24, 2.45) is 0 Å². The number of nitrogens with one attached hydrogen (secondary N) is 6. The second-order valence-corrected chi connectivity index (χ2v) is 31.6. The minimum Gasteiger partial charge on any atom is -0.480 e. The molecule has 9 aromatic rings. The number of benzene rings is 6. The molecule has 0 spiro atoms. The molecule has 12 rings (SSSR count). The van der Waals surface area contributed by atoms with Gasteiger partial charge in [0.15, 0.2) is 0 Å². The SMILES string of the molecule is CC(C)c1nc(SCC(=O)NCCNC(=O)OCC2c3ccccc3-c3ccccc32)cn1[C@@H](C)C(=O)O.COC(=O)[C@H](C)n1cc(SCC(=O)NCCNC(=O)OCC2c3ccccc3-c3ccccc32)nc1C(C)C.COC(=O)[C@H](C)n1cc(SCC(=O)NCCNC(=O)OCC2c3ccccc3-c3ccccc32)nc1C(C)C. The van der Waals surface area contributed by atoms with Crippen LogP contribution < -0.4 is 31.9 Å². The first-order valence-electron chi connectivity index (χ1n) is 38.5. The highest BCUT2D eigenvalue weighted by Gasteiger charge is 2.33. The third kappa shape index (κ3) is 22.4. The van der Waals surface area contributed by atoms with Gasteiger partial charge in [0, 0.05) is 93.4 Å². The normalized spacial score (nSPS) is 13.0. The quantitative estimate of drug-likeness (QED) is 0.00869. The first-order chi connectivity index (χ1) is 55.8. The number of carboxylic acid groups (broad SMARTS) is 1. The zero-order chi connectivity index (χ0) is 83.1. The largest absolute Gasteiger partial charge is 0.480 e. The van der Waals surface area contributed by atoms with Crippen LogP contribution in [0.25, 0.3) is 33.4 Å². The smallest absolute Gasteiger partial charge is 0.407 e. The van der Waals surface area contributed by atoms with Gasteiger partial charge in [0.05, 0.1) is 31.5 Å². The molecule has 3 aliphatic carbocycles. The summed E-state index contributed by atoms with van der Waals surface area (Å²) < 4.78 is 31.4. The Morgan fingerprint density at radius 1 is 0.353 bits per heavy atom. The molecular formula is C86H100N12O15S3. The second-order valence-electron chi connectivity index (χ2n) is 28.6. The van der Waals surface area contributed by atoms with E-state index in [0.29, 0.717) is 20.9 Å². The number of imidazole rings is 3. The van der Waals surface area contributed by atoms with Crippen molar-refractivity contribution in [3.63, 3.8) is 0 Å². The number of amides is 6. The number of aromatic nitrogens is 6. The zero-order valence-electron chi connectivity index (χ0n) is 66.8. The fourth-order valence-corrected chi connectivity index (χ4v) is 16.1. The molecule has 116 heavy (non-hydrogen) atoms. The predicted octanol–water partition coefficient (Wildman–Crippen LogP) is 13.4. The third-order valence-corrected chi connectivity index (χ3v) is 22.4. The molecule has 0 radical (unpaired) electrons. The molecule has 0 fully saturated rings. The molecule has 612 valence electrons. The highest BCUT2D eigenvalue weighted by Crippen LogP contribution is 2.47. The number of carbonyl (C=O) groups is 9. The highest BCUT2D eigenvalue weighted by atomic mass is 32.2. The van der Waals surface area contributed by atoms with Gasteiger partial charge in [-0.1, -0.05) is 222 Å². The van der Waals surface area contributed by atoms with Crippen molar-refractivity contribution in [3.05, 3.63) is 215 Å². The lowest BCUT2D eigenvalue weighted by molar-refractivity contribution is -0.144. The number of ether oxygens (including phenoxy) is 5. The van der Waals surface area contributed by atoms with E-state index >= 15 is 0 Å². The van der Waals surface area contributed by atoms with Crippen LogP contribution in [0.4, 0.5) is 14.4 Å². The molecule has 0 saturated heterocycles. The van der Waals surface area contributed by atoms with Crippen LogP contribution in [-0.2, 0) is 52.5 Å². The lowest BCUT2D eigenvalue weighted by Gasteiger charge is -2.15. The summed E-state index contributed by atoms with van der Waals surface area (Å²) in [6.45, 7) is 19.2. The summed E-state index contributed by atoms with van der Waals surface area (Å²) in [5, 5.41) is 27.6. The van der Waals surface area contributed by atoms with E-state index in [1.54, 1.807) is 53.1 Å². The zero-order valence-corrected chi connectivity index (χ0v) is 69.3. The number of rotatable bonds is 33. The number of hydrogen-bond acceptors (Lipinski definition) is 20. The molecule has 30 heteroatoms. The lowest BCUT2D eigenvalue weighted by atomic mass is 9.98. The topological polar surface area (TPSA) is 346 Å². The number of nitrogens with zero attached hydrogens (tertiary/aromatic N) is 6. The van der Waals surface area contributed by atoms with Crippen LogP contribution in [0.2, 0.25) is 0 Å². The van der Waals surface area contributed by atoms with Crippen LogP contribution in [0, 0.1) is 0 Å². The van der Waals surface area contributed by atoms with Gasteiger partial charge in [0.1, 0.15) is 70.5 Å². The second kappa shape index (κ2) is 41.8. The van der Waals surface area contributed by atoms with Gasteiger partial charge < -0.3 is 74.4 Å². The summed E-state index contributed by atoms with van der Waals surface area (Å²) in [4.78, 5) is 123. The van der Waals surface area contributed by atoms with Gasteiger partial charge >= 0.3 is 36.2 Å². The molecule has 0 saturated carbocycles. The van der Waals surface area contributed by atoms with Crippen molar-refractivity contribution in [3.8, 4) is 33.4 Å². The molecule has 6 amide bonds. The van der Waals surface area contributed by atoms with Gasteiger partial charge in [-0.3, -0.25) is 14.4 Å². The number of aliphatic carboxylic acids is 1. The van der Waals surface area contributed by atoms with Crippen molar-refractivity contribution in [2.45, 2.75) is 131 Å². The Morgan fingerprint density at radius 3 is 0.802 bits per heavy atom. The van der Waals surface area contributed by atoms with Crippen molar-refractivity contribution < 1.29 is 71.9 Å². The molecule has 7 N–H and O–H groups in total. The maximum Gasteiger partial charge on any atom is 0.407 e. The molecule has 3 atom stereocenters. The lowest BCUT2D eigenvalue weighted by Crippen LogP contribution is -2.36. The molecule has 3 aromatic heterocycles. The maximum atomic E-state index is 12.3. The Hall–Kier alpha value is -11.4. The Morgan fingerprint density at radius 2 is 0.578 bits per heavy atom. The fourth-order valence-electron chi connectivity index (χ4n) is 13.9. The molecule has 27 nitrogen and oxygen atoms in total. The summed E-state index contributed by atoms with van der Waals surface area (Å²) in [6, 6.07) is 47.2. The Labute approximate surface area is 687 Å². The number of esters is 2. The molecule has 3 heterocycles. The van der Waals surface area contributed by atoms with Crippen molar-refractivity contribution >= 4 is 89.2 Å². The standard InChI is InChI=1S/2C29H34N4O5S.C28H32N4O5S/c2*1-18(2)27-32-26(15-33(27)19(3)28(35)37-4)39-17-25(34)30-13-14-31-29(36)38-16-24-22-11-7-5-9-20(22)21-10-6-8-12-23(21)24;1-17(2)26-31-25(14-32(26)18(3)27(34)35)38-16-24(33)29-12-13-30-28(36)37-15-23-21-10-6-4-8-19(21)20-9-5-7-11-22(20)23/h2*5-12,15,18-19,24H,13-14,16-17H2,1-4H3,(H,30,34)(H,31,36);4-11,14,17-18,23H,12-13,15-16H2,1-3H3,(H,29,33)(H,30,36)(H,34,35)/t2*19-;18-/m000/s1. The third-order valence-electron chi connectivity index (χ3n) is 19.7. The van der Waals surface area contributed by atoms with Crippen LogP contribution in [0.15, 0.2) is 179 Å². The molecular weight excluding hydrogens is 1540 g/mol. The van der Waals surface area contributed by atoms with Gasteiger partial charge in [-0.2, -0.15) is 0 Å². The molecule has 3 aliphatic rings. The number of thioether (sulfide) groups is 3. The van der Waals surface area contributed by atoms with Gasteiger partial charge in [-0.25, -0.2) is 43.7 Å². The number of hydrogen-bond donors (Lipinski definition) is 7. The average Bonchev–Trinajstić information content (AvgIpc) is 1.63. The molecule has 0 unspecified atom stereocenters. The minimum atomic E-state index is -0.942. The Bertz CT molecular complexity index is 4620. The van der Waals surface area contributed by atoms with E-state index in [2.05, 4.69) is 120 Å².